The van der Waals surface area contributed by atoms with Crippen molar-refractivity contribution in [1.82, 2.24) is 4.98 Å². The Hall–Kier alpha value is -2.98. The fourth-order valence-corrected chi connectivity index (χ4v) is 2.31. The molecule has 0 amide bonds. The molecular formula is C18H14BrN3O3. The van der Waals surface area contributed by atoms with Crippen molar-refractivity contribution in [2.24, 2.45) is 0 Å². The second-order valence-corrected chi connectivity index (χ2v) is 5.90. The summed E-state index contributed by atoms with van der Waals surface area (Å²) in [5, 5.41) is 12.0. The van der Waals surface area contributed by atoms with E-state index in [1.165, 1.54) is 0 Å². The molecule has 3 rings (SSSR count). The van der Waals surface area contributed by atoms with Crippen LogP contribution >= 0.6 is 15.9 Å². The number of nitriles is 1. The van der Waals surface area contributed by atoms with Crippen molar-refractivity contribution in [1.29, 1.82) is 5.26 Å². The van der Waals surface area contributed by atoms with Crippen LogP contribution in [0, 0.1) is 11.3 Å². The number of oxazole rings is 1. The molecule has 3 aromatic rings. The third-order valence-electron chi connectivity index (χ3n) is 3.21. The lowest BCUT2D eigenvalue weighted by Gasteiger charge is -2.03. The van der Waals surface area contributed by atoms with Gasteiger partial charge >= 0.3 is 0 Å². The third kappa shape index (κ3) is 4.11. The lowest BCUT2D eigenvalue weighted by atomic mass is 10.3. The Morgan fingerprint density at radius 1 is 1.24 bits per heavy atom. The summed E-state index contributed by atoms with van der Waals surface area (Å²) >= 11 is 3.38. The number of halogens is 1. The highest BCUT2D eigenvalue weighted by molar-refractivity contribution is 9.10. The summed E-state index contributed by atoms with van der Waals surface area (Å²) < 4.78 is 17.9. The summed E-state index contributed by atoms with van der Waals surface area (Å²) in [4.78, 5) is 4.13. The molecule has 0 bridgehead atoms. The Labute approximate surface area is 152 Å². The van der Waals surface area contributed by atoms with Gasteiger partial charge < -0.3 is 18.9 Å². The topological polar surface area (TPSA) is 84.2 Å². The molecule has 0 saturated carbocycles. The van der Waals surface area contributed by atoms with E-state index in [1.807, 2.05) is 30.3 Å². The van der Waals surface area contributed by atoms with Gasteiger partial charge in [0.25, 0.3) is 5.89 Å². The van der Waals surface area contributed by atoms with Crippen LogP contribution in [-0.4, -0.2) is 11.5 Å². The molecule has 2 aromatic heterocycles. The highest BCUT2D eigenvalue weighted by atomic mass is 79.9. The SMILES string of the molecule is C=CCNc1oc(-c2ccc(COc3ccc(Br)cc3)o2)nc1C#N. The van der Waals surface area contributed by atoms with Crippen LogP contribution < -0.4 is 10.1 Å². The molecule has 126 valence electrons. The van der Waals surface area contributed by atoms with E-state index in [4.69, 9.17) is 18.8 Å². The number of anilines is 1. The van der Waals surface area contributed by atoms with Crippen LogP contribution in [-0.2, 0) is 6.61 Å². The molecule has 0 unspecified atom stereocenters. The number of aromatic nitrogens is 1. The maximum Gasteiger partial charge on any atom is 0.266 e. The van der Waals surface area contributed by atoms with Crippen molar-refractivity contribution in [2.45, 2.75) is 6.61 Å². The second-order valence-electron chi connectivity index (χ2n) is 4.99. The molecule has 0 atom stereocenters. The van der Waals surface area contributed by atoms with Crippen LogP contribution in [0.5, 0.6) is 5.75 Å². The number of benzene rings is 1. The Morgan fingerprint density at radius 3 is 2.76 bits per heavy atom. The van der Waals surface area contributed by atoms with Crippen LogP contribution in [0.1, 0.15) is 11.5 Å². The molecule has 0 fully saturated rings. The van der Waals surface area contributed by atoms with Crippen LogP contribution in [0.4, 0.5) is 5.88 Å². The number of hydrogen-bond donors (Lipinski definition) is 1. The first-order valence-electron chi connectivity index (χ1n) is 7.42. The van der Waals surface area contributed by atoms with Crippen molar-refractivity contribution in [2.75, 3.05) is 11.9 Å². The Bertz CT molecular complexity index is 907. The van der Waals surface area contributed by atoms with Crippen LogP contribution in [0.15, 0.2) is 62.4 Å². The molecular weight excluding hydrogens is 386 g/mol. The van der Waals surface area contributed by atoms with Gasteiger partial charge in [0, 0.05) is 11.0 Å². The van der Waals surface area contributed by atoms with Crippen molar-refractivity contribution >= 4 is 21.8 Å². The van der Waals surface area contributed by atoms with Gasteiger partial charge in [-0.25, -0.2) is 0 Å². The standard InChI is InChI=1S/C18H14BrN3O3/c1-2-9-21-17-15(10-20)22-18(25-17)16-8-7-14(24-16)11-23-13-5-3-12(19)4-6-13/h2-8,21H,1,9,11H2. The van der Waals surface area contributed by atoms with Gasteiger partial charge in [0.2, 0.25) is 11.6 Å². The van der Waals surface area contributed by atoms with E-state index in [9.17, 15) is 0 Å². The summed E-state index contributed by atoms with van der Waals surface area (Å²) in [5.41, 5.74) is 0.168. The van der Waals surface area contributed by atoms with E-state index in [-0.39, 0.29) is 18.2 Å². The Balaban J connectivity index is 1.70. The fraction of sp³-hybridized carbons (Fsp3) is 0.111. The van der Waals surface area contributed by atoms with E-state index in [0.29, 0.717) is 23.9 Å². The minimum absolute atomic E-state index is 0.168. The molecule has 0 aliphatic carbocycles. The summed E-state index contributed by atoms with van der Waals surface area (Å²) in [6, 6.07) is 13.0. The molecule has 0 spiro atoms. The molecule has 6 nitrogen and oxygen atoms in total. The van der Waals surface area contributed by atoms with E-state index in [0.717, 1.165) is 10.2 Å². The Morgan fingerprint density at radius 2 is 2.04 bits per heavy atom. The molecule has 1 N–H and O–H groups in total. The monoisotopic (exact) mass is 399 g/mol. The van der Waals surface area contributed by atoms with E-state index >= 15 is 0 Å². The highest BCUT2D eigenvalue weighted by Gasteiger charge is 2.17. The number of furan rings is 1. The molecule has 0 radical (unpaired) electrons. The number of ether oxygens (including phenoxy) is 1. The van der Waals surface area contributed by atoms with E-state index < -0.39 is 0 Å². The third-order valence-corrected chi connectivity index (χ3v) is 3.74. The maximum absolute atomic E-state index is 9.12. The van der Waals surface area contributed by atoms with Gasteiger partial charge in [-0.1, -0.05) is 22.0 Å². The Kier molecular flexibility index (Phi) is 5.21. The van der Waals surface area contributed by atoms with Crippen LogP contribution in [0.25, 0.3) is 11.7 Å². The molecule has 1 aromatic carbocycles. The first kappa shape index (κ1) is 16.9. The normalized spacial score (nSPS) is 10.2. The largest absolute Gasteiger partial charge is 0.486 e. The van der Waals surface area contributed by atoms with E-state index in [1.54, 1.807) is 18.2 Å². The number of hydrogen-bond acceptors (Lipinski definition) is 6. The average Bonchev–Trinajstić information content (AvgIpc) is 3.26. The molecule has 7 heteroatoms. The minimum Gasteiger partial charge on any atom is -0.486 e. The van der Waals surface area contributed by atoms with Crippen LogP contribution in [0.2, 0.25) is 0 Å². The second kappa shape index (κ2) is 7.73. The van der Waals surface area contributed by atoms with Gasteiger partial charge in [-0.05, 0) is 36.4 Å². The number of nitrogens with zero attached hydrogens (tertiary/aromatic N) is 2. The first-order chi connectivity index (χ1) is 12.2. The highest BCUT2D eigenvalue weighted by Crippen LogP contribution is 2.27. The quantitative estimate of drug-likeness (QED) is 0.577. The minimum atomic E-state index is 0.168. The maximum atomic E-state index is 9.12. The lowest BCUT2D eigenvalue weighted by molar-refractivity contribution is 0.271. The molecule has 0 saturated heterocycles. The molecule has 25 heavy (non-hydrogen) atoms. The van der Waals surface area contributed by atoms with E-state index in [2.05, 4.69) is 32.8 Å². The first-order valence-corrected chi connectivity index (χ1v) is 8.22. The van der Waals surface area contributed by atoms with Crippen molar-refractivity contribution < 1.29 is 13.6 Å². The van der Waals surface area contributed by atoms with Gasteiger partial charge in [0.1, 0.15) is 24.2 Å². The van der Waals surface area contributed by atoms with Crippen LogP contribution in [0.3, 0.4) is 0 Å². The van der Waals surface area contributed by atoms with Gasteiger partial charge in [-0.3, -0.25) is 0 Å². The smallest absolute Gasteiger partial charge is 0.266 e. The van der Waals surface area contributed by atoms with Crippen molar-refractivity contribution in [3.8, 4) is 23.5 Å². The van der Waals surface area contributed by atoms with Gasteiger partial charge in [0.05, 0.1) is 0 Å². The zero-order valence-electron chi connectivity index (χ0n) is 13.2. The predicted octanol–water partition coefficient (Wildman–Crippen LogP) is 4.75. The molecule has 0 aliphatic rings. The molecule has 0 aliphatic heterocycles. The average molecular weight is 400 g/mol. The summed E-state index contributed by atoms with van der Waals surface area (Å²) in [6.45, 7) is 4.35. The van der Waals surface area contributed by atoms with Gasteiger partial charge in [-0.2, -0.15) is 10.2 Å². The predicted molar refractivity (Wildman–Crippen MR) is 96.1 cm³/mol. The van der Waals surface area contributed by atoms with Gasteiger partial charge in [0.15, 0.2) is 5.76 Å². The number of rotatable bonds is 7. The molecule has 2 heterocycles. The summed E-state index contributed by atoms with van der Waals surface area (Å²) in [6.07, 6.45) is 1.66. The number of nitrogens with one attached hydrogen (secondary N) is 1. The zero-order chi connectivity index (χ0) is 17.6. The lowest BCUT2D eigenvalue weighted by Crippen LogP contribution is -1.97. The van der Waals surface area contributed by atoms with Gasteiger partial charge in [-0.15, -0.1) is 6.58 Å². The van der Waals surface area contributed by atoms with Crippen molar-refractivity contribution in [3.05, 3.63) is 65.0 Å². The summed E-state index contributed by atoms with van der Waals surface area (Å²) in [7, 11) is 0. The zero-order valence-corrected chi connectivity index (χ0v) is 14.7. The fourth-order valence-electron chi connectivity index (χ4n) is 2.04. The summed E-state index contributed by atoms with van der Waals surface area (Å²) in [5.74, 6) is 2.31. The van der Waals surface area contributed by atoms with Crippen molar-refractivity contribution in [3.63, 3.8) is 0 Å².